The second-order valence-electron chi connectivity index (χ2n) is 17.3. The highest BCUT2D eigenvalue weighted by Crippen LogP contribution is 2.26. The van der Waals surface area contributed by atoms with Gasteiger partial charge in [0, 0.05) is 12.8 Å². The van der Waals surface area contributed by atoms with Gasteiger partial charge in [0.15, 0.2) is 18.7 Å². The molecule has 0 aromatic carbocycles. The van der Waals surface area contributed by atoms with Crippen LogP contribution in [0, 0.1) is 0 Å². The molecule has 2 aliphatic rings. The maximum atomic E-state index is 12.9. The summed E-state index contributed by atoms with van der Waals surface area (Å²) in [6.45, 7) is 2.56. The molecule has 15 heteroatoms. The molecule has 0 aromatic rings. The fraction of sp³-hybridized carbons (Fsp3) is 0.915. The molecule has 11 unspecified atom stereocenters. The van der Waals surface area contributed by atoms with Crippen molar-refractivity contribution in [3.05, 3.63) is 12.2 Å². The van der Waals surface area contributed by atoms with E-state index in [-0.39, 0.29) is 26.1 Å². The van der Waals surface area contributed by atoms with E-state index < -0.39 is 92.7 Å². The number of unbranched alkanes of at least 4 members (excludes halogenated alkanes) is 21. The van der Waals surface area contributed by atoms with Crippen molar-refractivity contribution >= 4 is 11.9 Å². The lowest BCUT2D eigenvalue weighted by Crippen LogP contribution is -2.61. The van der Waals surface area contributed by atoms with E-state index in [0.717, 1.165) is 57.8 Å². The van der Waals surface area contributed by atoms with Gasteiger partial charge in [0.25, 0.3) is 0 Å². The number of aliphatic hydroxyl groups is 7. The molecule has 7 N–H and O–H groups in total. The summed E-state index contributed by atoms with van der Waals surface area (Å²) in [5, 5.41) is 71.9. The Hall–Kier alpha value is -1.76. The zero-order valence-electron chi connectivity index (χ0n) is 38.1. The van der Waals surface area contributed by atoms with Gasteiger partial charge in [-0.15, -0.1) is 0 Å². The second-order valence-corrected chi connectivity index (χ2v) is 17.3. The fourth-order valence-corrected chi connectivity index (χ4v) is 7.68. The summed E-state index contributed by atoms with van der Waals surface area (Å²) in [4.78, 5) is 25.7. The van der Waals surface area contributed by atoms with Crippen LogP contribution < -0.4 is 0 Å². The zero-order valence-corrected chi connectivity index (χ0v) is 38.1. The zero-order chi connectivity index (χ0) is 45.4. The normalized spacial score (nSPS) is 27.1. The van der Waals surface area contributed by atoms with E-state index in [4.69, 9.17) is 28.4 Å². The van der Waals surface area contributed by atoms with Crippen LogP contribution >= 0.6 is 0 Å². The Morgan fingerprint density at radius 2 is 0.919 bits per heavy atom. The van der Waals surface area contributed by atoms with Crippen LogP contribution in [0.5, 0.6) is 0 Å². The minimum atomic E-state index is -1.76. The molecule has 62 heavy (non-hydrogen) atoms. The third-order valence-corrected chi connectivity index (χ3v) is 11.7. The van der Waals surface area contributed by atoms with Crippen LogP contribution in [0.25, 0.3) is 0 Å². The lowest BCUT2D eigenvalue weighted by Gasteiger charge is -2.42. The highest BCUT2D eigenvalue weighted by Gasteiger charge is 2.47. The first-order valence-corrected chi connectivity index (χ1v) is 24.3. The van der Waals surface area contributed by atoms with Crippen LogP contribution in [0.1, 0.15) is 181 Å². The lowest BCUT2D eigenvalue weighted by molar-refractivity contribution is -0.332. The number of rotatable bonds is 37. The molecule has 0 amide bonds. The standard InChI is InChI=1S/C47H86O15/c1-3-5-7-9-11-13-15-17-19-21-23-25-27-29-38(49)57-32-35(60-39(50)30-28-26-24-22-20-18-16-14-12-10-8-6-4-2)33-58-46-45(56)43(54)41(52)37(62-46)34-59-47-44(55)42(53)40(51)36(31-48)61-47/h14,16,35-37,40-48,51-56H,3-13,15,17-34H2,1-2H3/b16-14-. The molecule has 0 spiro atoms. The van der Waals surface area contributed by atoms with Crippen molar-refractivity contribution in [1.82, 2.24) is 0 Å². The van der Waals surface area contributed by atoms with Gasteiger partial charge in [0.1, 0.15) is 55.4 Å². The Kier molecular flexibility index (Phi) is 32.3. The minimum Gasteiger partial charge on any atom is -0.462 e. The topological polar surface area (TPSA) is 231 Å². The molecule has 11 atom stereocenters. The van der Waals surface area contributed by atoms with Gasteiger partial charge in [-0.1, -0.05) is 142 Å². The SMILES string of the molecule is CCCCCC/C=C\CCCCCCCC(=O)OC(COC(=O)CCCCCCCCCCCCCCC)COC1OC(COC2OC(CO)C(O)C(O)C2O)C(O)C(O)C1O. The van der Waals surface area contributed by atoms with Gasteiger partial charge in [-0.3, -0.25) is 9.59 Å². The Morgan fingerprint density at radius 3 is 1.44 bits per heavy atom. The van der Waals surface area contributed by atoms with Gasteiger partial charge in [-0.25, -0.2) is 0 Å². The molecule has 15 nitrogen and oxygen atoms in total. The number of carbonyl (C=O) groups is 2. The fourth-order valence-electron chi connectivity index (χ4n) is 7.68. The van der Waals surface area contributed by atoms with Crippen LogP contribution in [0.2, 0.25) is 0 Å². The number of allylic oxidation sites excluding steroid dienone is 2. The first-order valence-electron chi connectivity index (χ1n) is 24.3. The van der Waals surface area contributed by atoms with Crippen molar-refractivity contribution in [3.63, 3.8) is 0 Å². The number of esters is 2. The first kappa shape index (κ1) is 56.4. The van der Waals surface area contributed by atoms with Gasteiger partial charge in [-0.2, -0.15) is 0 Å². The van der Waals surface area contributed by atoms with Gasteiger partial charge in [0.05, 0.1) is 19.8 Å². The van der Waals surface area contributed by atoms with Crippen LogP contribution in [-0.4, -0.2) is 142 Å². The molecule has 0 aromatic heterocycles. The number of hydrogen-bond donors (Lipinski definition) is 7. The van der Waals surface area contributed by atoms with Crippen molar-refractivity contribution in [2.24, 2.45) is 0 Å². The average molecular weight is 891 g/mol. The summed E-state index contributed by atoms with van der Waals surface area (Å²) < 4.78 is 33.5. The van der Waals surface area contributed by atoms with E-state index in [1.54, 1.807) is 0 Å². The Bertz CT molecular complexity index is 1140. The molecule has 0 aliphatic carbocycles. The Labute approximate surface area is 371 Å². The summed E-state index contributed by atoms with van der Waals surface area (Å²) in [6, 6.07) is 0. The molecule has 2 heterocycles. The molecule has 2 rings (SSSR count). The van der Waals surface area contributed by atoms with Crippen LogP contribution in [0.3, 0.4) is 0 Å². The third-order valence-electron chi connectivity index (χ3n) is 11.7. The molecule has 2 aliphatic heterocycles. The molecule has 0 bridgehead atoms. The van der Waals surface area contributed by atoms with Crippen LogP contribution in [0.4, 0.5) is 0 Å². The van der Waals surface area contributed by atoms with E-state index in [9.17, 15) is 45.3 Å². The molecule has 0 radical (unpaired) electrons. The summed E-state index contributed by atoms with van der Waals surface area (Å²) in [5.41, 5.74) is 0. The molecular formula is C47H86O15. The Morgan fingerprint density at radius 1 is 0.500 bits per heavy atom. The van der Waals surface area contributed by atoms with Gasteiger partial charge in [0.2, 0.25) is 0 Å². The van der Waals surface area contributed by atoms with Crippen molar-refractivity contribution in [2.45, 2.75) is 248 Å². The van der Waals surface area contributed by atoms with E-state index in [0.29, 0.717) is 12.8 Å². The van der Waals surface area contributed by atoms with Crippen molar-refractivity contribution in [3.8, 4) is 0 Å². The largest absolute Gasteiger partial charge is 0.462 e. The summed E-state index contributed by atoms with van der Waals surface area (Å²) in [6.07, 6.45) is 15.3. The number of ether oxygens (including phenoxy) is 6. The summed E-state index contributed by atoms with van der Waals surface area (Å²) in [7, 11) is 0. The van der Waals surface area contributed by atoms with E-state index in [2.05, 4.69) is 26.0 Å². The average Bonchev–Trinajstić information content (AvgIpc) is 3.26. The molecule has 364 valence electrons. The highest BCUT2D eigenvalue weighted by atomic mass is 16.7. The summed E-state index contributed by atoms with van der Waals surface area (Å²) in [5.74, 6) is -0.929. The molecule has 0 saturated carbocycles. The minimum absolute atomic E-state index is 0.159. The highest BCUT2D eigenvalue weighted by molar-refractivity contribution is 5.70. The van der Waals surface area contributed by atoms with Crippen LogP contribution in [0.15, 0.2) is 12.2 Å². The van der Waals surface area contributed by atoms with Gasteiger partial charge < -0.3 is 64.2 Å². The monoisotopic (exact) mass is 891 g/mol. The van der Waals surface area contributed by atoms with Gasteiger partial charge in [-0.05, 0) is 38.5 Å². The first-order chi connectivity index (χ1) is 30.0. The Balaban J connectivity index is 1.84. The number of hydrogen-bond acceptors (Lipinski definition) is 15. The smallest absolute Gasteiger partial charge is 0.306 e. The van der Waals surface area contributed by atoms with Crippen LogP contribution in [-0.2, 0) is 38.0 Å². The third kappa shape index (κ3) is 24.0. The molecule has 2 fully saturated rings. The number of carbonyl (C=O) groups excluding carboxylic acids is 2. The van der Waals surface area contributed by atoms with Crippen molar-refractivity contribution < 1.29 is 73.8 Å². The lowest BCUT2D eigenvalue weighted by atomic mass is 9.98. The van der Waals surface area contributed by atoms with Crippen molar-refractivity contribution in [2.75, 3.05) is 26.4 Å². The van der Waals surface area contributed by atoms with Crippen molar-refractivity contribution in [1.29, 1.82) is 0 Å². The van der Waals surface area contributed by atoms with Gasteiger partial charge >= 0.3 is 11.9 Å². The molecular weight excluding hydrogens is 805 g/mol. The summed E-state index contributed by atoms with van der Waals surface area (Å²) >= 11 is 0. The molecule has 2 saturated heterocycles. The maximum absolute atomic E-state index is 12.9. The van der Waals surface area contributed by atoms with E-state index >= 15 is 0 Å². The predicted octanol–water partition coefficient (Wildman–Crippen LogP) is 5.82. The second kappa shape index (κ2) is 35.5. The van der Waals surface area contributed by atoms with E-state index in [1.165, 1.54) is 83.5 Å². The quantitative estimate of drug-likeness (QED) is 0.0221. The number of aliphatic hydroxyl groups excluding tert-OH is 7. The predicted molar refractivity (Wildman–Crippen MR) is 234 cm³/mol. The van der Waals surface area contributed by atoms with E-state index in [1.807, 2.05) is 0 Å². The maximum Gasteiger partial charge on any atom is 0.306 e.